The number of hydrogen-bond donors (Lipinski definition) is 0. The van der Waals surface area contributed by atoms with Crippen LogP contribution in [0.25, 0.3) is 60.8 Å². The van der Waals surface area contributed by atoms with Gasteiger partial charge in [-0.3, -0.25) is 4.68 Å². The molecule has 0 bridgehead atoms. The third kappa shape index (κ3) is 4.03. The maximum atomic E-state index is 4.85. The summed E-state index contributed by atoms with van der Waals surface area (Å²) < 4.78 is 6.36. The van der Waals surface area contributed by atoms with Crippen molar-refractivity contribution in [2.24, 2.45) is 0 Å². The maximum Gasteiger partial charge on any atom is 2.00 e. The standard InChI is InChI=1S/C36H27N5.Pt/c1-36(2,3)24-17-19-37-35(21-24)41-32-12-7-5-10-28(32)30-16-14-26(23-34(30)41)40-31-11-6-4-9-27(31)29-15-13-25(22-33(29)40)39-20-8-18-38-39;/h4-21H,1-3H3;/q-2;+2. The summed E-state index contributed by atoms with van der Waals surface area (Å²) in [6.07, 6.45) is 5.65. The van der Waals surface area contributed by atoms with Gasteiger partial charge in [-0.1, -0.05) is 73.9 Å². The predicted molar refractivity (Wildman–Crippen MR) is 166 cm³/mol. The first-order chi connectivity index (χ1) is 20.0. The third-order valence-corrected chi connectivity index (χ3v) is 7.97. The van der Waals surface area contributed by atoms with E-state index < -0.39 is 0 Å². The van der Waals surface area contributed by atoms with Gasteiger partial charge in [-0.05, 0) is 57.8 Å². The first kappa shape index (κ1) is 26.4. The van der Waals surface area contributed by atoms with Gasteiger partial charge in [0, 0.05) is 29.6 Å². The van der Waals surface area contributed by atoms with Gasteiger partial charge >= 0.3 is 21.1 Å². The minimum atomic E-state index is 0. The van der Waals surface area contributed by atoms with Crippen molar-refractivity contribution < 1.29 is 21.1 Å². The van der Waals surface area contributed by atoms with Crippen molar-refractivity contribution in [2.75, 3.05) is 0 Å². The number of para-hydroxylation sites is 2. The molecule has 0 spiro atoms. The fraction of sp³-hybridized carbons (Fsp3) is 0.111. The molecular formula is C36H27N5Pt. The van der Waals surface area contributed by atoms with E-state index in [1.54, 1.807) is 6.20 Å². The molecule has 0 aliphatic carbocycles. The van der Waals surface area contributed by atoms with Gasteiger partial charge in [-0.25, -0.2) is 4.98 Å². The molecule has 0 unspecified atom stereocenters. The van der Waals surface area contributed by atoms with Crippen molar-refractivity contribution in [1.82, 2.24) is 23.9 Å². The van der Waals surface area contributed by atoms with E-state index in [1.807, 2.05) is 23.1 Å². The molecule has 5 nitrogen and oxygen atoms in total. The summed E-state index contributed by atoms with van der Waals surface area (Å²) in [6, 6.07) is 39.4. The van der Waals surface area contributed by atoms with Gasteiger partial charge in [-0.2, -0.15) is 17.2 Å². The zero-order valence-electron chi connectivity index (χ0n) is 23.4. The molecule has 4 aromatic carbocycles. The minimum Gasteiger partial charge on any atom is -0.358 e. The monoisotopic (exact) mass is 724 g/mol. The summed E-state index contributed by atoms with van der Waals surface area (Å²) in [6.45, 7) is 6.70. The van der Waals surface area contributed by atoms with E-state index in [0.29, 0.717) is 0 Å². The Morgan fingerprint density at radius 3 is 1.90 bits per heavy atom. The molecule has 0 fully saturated rings. The van der Waals surface area contributed by atoms with Gasteiger partial charge in [0.05, 0.1) is 0 Å². The Balaban J connectivity index is 0.00000288. The molecule has 4 heterocycles. The second-order valence-corrected chi connectivity index (χ2v) is 11.5. The Labute approximate surface area is 258 Å². The summed E-state index contributed by atoms with van der Waals surface area (Å²) in [4.78, 5) is 4.85. The fourth-order valence-corrected chi connectivity index (χ4v) is 5.93. The number of nitrogens with zero attached hydrogens (tertiary/aromatic N) is 5. The quantitative estimate of drug-likeness (QED) is 0.172. The Kier molecular flexibility index (Phi) is 6.18. The average molecular weight is 725 g/mol. The van der Waals surface area contributed by atoms with E-state index in [1.165, 1.54) is 16.3 Å². The van der Waals surface area contributed by atoms with Gasteiger partial charge in [0.1, 0.15) is 5.82 Å². The van der Waals surface area contributed by atoms with Crippen LogP contribution in [0.4, 0.5) is 0 Å². The topological polar surface area (TPSA) is 40.6 Å². The second-order valence-electron chi connectivity index (χ2n) is 11.5. The van der Waals surface area contributed by atoms with Gasteiger partial charge < -0.3 is 9.13 Å². The first-order valence-electron chi connectivity index (χ1n) is 13.9. The number of pyridine rings is 1. The zero-order chi connectivity index (χ0) is 27.7. The van der Waals surface area contributed by atoms with Crippen LogP contribution >= 0.6 is 0 Å². The van der Waals surface area contributed by atoms with Crippen LogP contribution in [0.5, 0.6) is 0 Å². The van der Waals surface area contributed by atoms with E-state index in [-0.39, 0.29) is 26.5 Å². The van der Waals surface area contributed by atoms with Crippen LogP contribution in [0.3, 0.4) is 0 Å². The molecule has 6 heteroatoms. The van der Waals surface area contributed by atoms with E-state index in [2.05, 4.69) is 132 Å². The molecule has 42 heavy (non-hydrogen) atoms. The molecule has 0 aliphatic heterocycles. The third-order valence-electron chi connectivity index (χ3n) is 7.97. The zero-order valence-corrected chi connectivity index (χ0v) is 25.7. The molecule has 0 N–H and O–H groups in total. The fourth-order valence-electron chi connectivity index (χ4n) is 5.93. The second kappa shape index (κ2) is 9.82. The molecule has 0 aliphatic rings. The molecule has 8 aromatic rings. The predicted octanol–water partition coefficient (Wildman–Crippen LogP) is 8.36. The number of aromatic nitrogens is 5. The van der Waals surface area contributed by atoms with Crippen LogP contribution in [0.1, 0.15) is 26.3 Å². The summed E-state index contributed by atoms with van der Waals surface area (Å²) in [7, 11) is 0. The number of rotatable bonds is 3. The maximum absolute atomic E-state index is 4.85. The van der Waals surface area contributed by atoms with Gasteiger partial charge in [0.25, 0.3) is 0 Å². The normalized spacial score (nSPS) is 12.0. The smallest absolute Gasteiger partial charge is 0.358 e. The first-order valence-corrected chi connectivity index (χ1v) is 13.9. The van der Waals surface area contributed by atoms with E-state index in [0.717, 1.165) is 50.0 Å². The molecule has 0 saturated carbocycles. The van der Waals surface area contributed by atoms with Crippen LogP contribution in [0.2, 0.25) is 0 Å². The number of hydrogen-bond acceptors (Lipinski definition) is 2. The molecule has 8 rings (SSSR count). The van der Waals surface area contributed by atoms with Gasteiger partial charge in [0.15, 0.2) is 0 Å². The van der Waals surface area contributed by atoms with Crippen LogP contribution in [0, 0.1) is 12.1 Å². The van der Waals surface area contributed by atoms with Crippen molar-refractivity contribution >= 4 is 43.6 Å². The molecular weight excluding hydrogens is 698 g/mol. The molecule has 0 amide bonds. The van der Waals surface area contributed by atoms with Crippen molar-refractivity contribution in [2.45, 2.75) is 26.2 Å². The van der Waals surface area contributed by atoms with Crippen molar-refractivity contribution in [3.8, 4) is 17.2 Å². The van der Waals surface area contributed by atoms with Crippen molar-refractivity contribution in [3.05, 3.63) is 127 Å². The molecule has 4 aromatic heterocycles. The van der Waals surface area contributed by atoms with Crippen LogP contribution in [-0.4, -0.2) is 23.9 Å². The molecule has 0 atom stereocenters. The molecule has 206 valence electrons. The summed E-state index contributed by atoms with van der Waals surface area (Å²) >= 11 is 0. The van der Waals surface area contributed by atoms with Crippen LogP contribution in [-0.2, 0) is 26.5 Å². The Morgan fingerprint density at radius 2 is 1.24 bits per heavy atom. The summed E-state index contributed by atoms with van der Waals surface area (Å²) in [5.41, 5.74) is 7.32. The van der Waals surface area contributed by atoms with E-state index in [9.17, 15) is 0 Å². The largest absolute Gasteiger partial charge is 2.00 e. The number of benzene rings is 4. The minimum absolute atomic E-state index is 0. The van der Waals surface area contributed by atoms with Gasteiger partial charge in [0.2, 0.25) is 0 Å². The Hall–Kier alpha value is -4.47. The summed E-state index contributed by atoms with van der Waals surface area (Å²) in [5, 5.41) is 9.10. The van der Waals surface area contributed by atoms with Crippen LogP contribution in [0.15, 0.2) is 110 Å². The average Bonchev–Trinajstić information content (AvgIpc) is 3.71. The number of fused-ring (bicyclic) bond motifs is 6. The van der Waals surface area contributed by atoms with Crippen LogP contribution < -0.4 is 0 Å². The molecule has 0 saturated heterocycles. The van der Waals surface area contributed by atoms with Gasteiger partial charge in [-0.15, -0.1) is 35.0 Å². The van der Waals surface area contributed by atoms with E-state index in [4.69, 9.17) is 4.98 Å². The summed E-state index contributed by atoms with van der Waals surface area (Å²) in [5.74, 6) is 0.895. The van der Waals surface area contributed by atoms with E-state index >= 15 is 0 Å². The molecule has 0 radical (unpaired) electrons. The van der Waals surface area contributed by atoms with Crippen molar-refractivity contribution in [3.63, 3.8) is 0 Å². The Bertz CT molecular complexity index is 2250. The Morgan fingerprint density at radius 1 is 0.619 bits per heavy atom. The van der Waals surface area contributed by atoms with Crippen molar-refractivity contribution in [1.29, 1.82) is 0 Å². The SMILES string of the molecule is CC(C)(C)c1ccnc(-n2c3[c-]c(-n4c5[c-]c(-n6cccn6)ccc5c5ccccc54)ccc3c3ccccc32)c1.[Pt+2].